The number of guanidine groups is 1. The molecular formula is C26H33N5O2. The zero-order chi connectivity index (χ0) is 22.9. The molecule has 1 aromatic heterocycles. The van der Waals surface area contributed by atoms with Crippen molar-refractivity contribution in [3.63, 3.8) is 0 Å². The van der Waals surface area contributed by atoms with Crippen molar-refractivity contribution in [2.75, 3.05) is 27.3 Å². The average Bonchev–Trinajstić information content (AvgIpc) is 3.33. The number of nitrogens with zero attached hydrogens (tertiary/aromatic N) is 4. The number of ether oxygens (including phenoxy) is 2. The summed E-state index contributed by atoms with van der Waals surface area (Å²) in [5.74, 6) is 0.842. The molecular weight excluding hydrogens is 414 g/mol. The fourth-order valence-electron chi connectivity index (χ4n) is 3.89. The molecule has 0 spiro atoms. The Morgan fingerprint density at radius 1 is 1.09 bits per heavy atom. The summed E-state index contributed by atoms with van der Waals surface area (Å²) in [6.45, 7) is 3.69. The van der Waals surface area contributed by atoms with E-state index in [1.807, 2.05) is 55.3 Å². The Morgan fingerprint density at radius 2 is 1.82 bits per heavy atom. The Morgan fingerprint density at radius 3 is 2.55 bits per heavy atom. The van der Waals surface area contributed by atoms with E-state index in [0.29, 0.717) is 19.3 Å². The van der Waals surface area contributed by atoms with Gasteiger partial charge in [0.15, 0.2) is 5.96 Å². The predicted octanol–water partition coefficient (Wildman–Crippen LogP) is 3.78. The molecule has 1 aliphatic heterocycles. The minimum atomic E-state index is 0.318. The molecule has 0 amide bonds. The van der Waals surface area contributed by atoms with Crippen molar-refractivity contribution in [1.82, 2.24) is 20.0 Å². The third-order valence-corrected chi connectivity index (χ3v) is 5.78. The summed E-state index contributed by atoms with van der Waals surface area (Å²) < 4.78 is 13.3. The highest BCUT2D eigenvalue weighted by molar-refractivity contribution is 5.79. The van der Waals surface area contributed by atoms with E-state index in [4.69, 9.17) is 9.47 Å². The molecule has 0 bridgehead atoms. The quantitative estimate of drug-likeness (QED) is 0.421. The Labute approximate surface area is 196 Å². The van der Waals surface area contributed by atoms with Gasteiger partial charge in [-0.2, -0.15) is 5.10 Å². The van der Waals surface area contributed by atoms with Gasteiger partial charge < -0.3 is 19.7 Å². The number of hydrogen-bond acceptors (Lipinski definition) is 4. The second-order valence-corrected chi connectivity index (χ2v) is 8.32. The number of aliphatic imine (C=N–C) groups is 1. The molecule has 7 nitrogen and oxygen atoms in total. The van der Waals surface area contributed by atoms with Gasteiger partial charge in [0.2, 0.25) is 0 Å². The van der Waals surface area contributed by atoms with Crippen molar-refractivity contribution in [2.45, 2.75) is 38.6 Å². The van der Waals surface area contributed by atoms with Gasteiger partial charge in [-0.1, -0.05) is 42.5 Å². The highest BCUT2D eigenvalue weighted by Gasteiger charge is 2.14. The number of para-hydroxylation sites is 1. The molecule has 2 heterocycles. The predicted molar refractivity (Wildman–Crippen MR) is 130 cm³/mol. The molecule has 0 unspecified atom stereocenters. The Kier molecular flexibility index (Phi) is 8.11. The normalized spacial score (nSPS) is 14.9. The molecule has 0 atom stereocenters. The molecule has 3 aromatic rings. The summed E-state index contributed by atoms with van der Waals surface area (Å²) in [6, 6.07) is 18.7. The van der Waals surface area contributed by atoms with E-state index in [0.717, 1.165) is 49.8 Å². The van der Waals surface area contributed by atoms with Crippen LogP contribution < -0.4 is 5.32 Å². The lowest BCUT2D eigenvalue weighted by Gasteiger charge is -2.22. The molecule has 4 rings (SSSR count). The minimum absolute atomic E-state index is 0.318. The number of rotatable bonds is 8. The van der Waals surface area contributed by atoms with Gasteiger partial charge in [-0.25, -0.2) is 4.68 Å². The molecule has 0 aliphatic carbocycles. The molecule has 7 heteroatoms. The first-order valence-corrected chi connectivity index (χ1v) is 11.5. The first kappa shape index (κ1) is 23.0. The minimum Gasteiger partial charge on any atom is -0.381 e. The third kappa shape index (κ3) is 6.66. The van der Waals surface area contributed by atoms with Crippen LogP contribution in [0, 0.1) is 0 Å². The first-order chi connectivity index (χ1) is 16.2. The maximum atomic E-state index is 6.01. The molecule has 2 aromatic carbocycles. The van der Waals surface area contributed by atoms with Crippen LogP contribution in [-0.2, 0) is 29.2 Å². The van der Waals surface area contributed by atoms with E-state index < -0.39 is 0 Å². The van der Waals surface area contributed by atoms with Crippen molar-refractivity contribution in [2.24, 2.45) is 4.99 Å². The van der Waals surface area contributed by atoms with E-state index in [1.165, 1.54) is 11.1 Å². The van der Waals surface area contributed by atoms with Gasteiger partial charge in [-0.05, 0) is 36.1 Å². The summed E-state index contributed by atoms with van der Waals surface area (Å²) in [4.78, 5) is 6.54. The van der Waals surface area contributed by atoms with Gasteiger partial charge >= 0.3 is 0 Å². The zero-order valence-corrected chi connectivity index (χ0v) is 19.5. The maximum absolute atomic E-state index is 6.01. The Bertz CT molecular complexity index is 1010. The highest BCUT2D eigenvalue weighted by atomic mass is 16.5. The number of hydrogen-bond donors (Lipinski definition) is 1. The number of nitrogens with one attached hydrogen (secondary N) is 1. The molecule has 0 saturated carbocycles. The maximum Gasteiger partial charge on any atom is 0.193 e. The van der Waals surface area contributed by atoms with Crippen LogP contribution >= 0.6 is 0 Å². The van der Waals surface area contributed by atoms with Crippen molar-refractivity contribution < 1.29 is 9.47 Å². The molecule has 174 valence electrons. The summed E-state index contributed by atoms with van der Waals surface area (Å²) in [5.41, 5.74) is 4.58. The van der Waals surface area contributed by atoms with Gasteiger partial charge in [0.25, 0.3) is 0 Å². The largest absolute Gasteiger partial charge is 0.381 e. The SMILES string of the molecule is CN=C(NCc1ccc(COC2CCOCC2)cc1)N(C)Cc1cnn(-c2ccccc2)c1. The molecule has 1 fully saturated rings. The van der Waals surface area contributed by atoms with E-state index in [9.17, 15) is 0 Å². The highest BCUT2D eigenvalue weighted by Crippen LogP contribution is 2.14. The van der Waals surface area contributed by atoms with Crippen LogP contribution in [0.2, 0.25) is 0 Å². The first-order valence-electron chi connectivity index (χ1n) is 11.5. The second-order valence-electron chi connectivity index (χ2n) is 8.32. The van der Waals surface area contributed by atoms with Crippen LogP contribution in [0.15, 0.2) is 72.0 Å². The molecule has 1 N–H and O–H groups in total. The van der Waals surface area contributed by atoms with Crippen molar-refractivity contribution in [3.05, 3.63) is 83.7 Å². The molecule has 33 heavy (non-hydrogen) atoms. The van der Waals surface area contributed by atoms with Gasteiger partial charge in [-0.3, -0.25) is 4.99 Å². The van der Waals surface area contributed by atoms with Crippen LogP contribution in [0.25, 0.3) is 5.69 Å². The molecule has 1 saturated heterocycles. The lowest BCUT2D eigenvalue weighted by Crippen LogP contribution is -2.37. The fourth-order valence-corrected chi connectivity index (χ4v) is 3.89. The monoisotopic (exact) mass is 447 g/mol. The summed E-state index contributed by atoms with van der Waals surface area (Å²) >= 11 is 0. The number of benzene rings is 2. The lowest BCUT2D eigenvalue weighted by molar-refractivity contribution is -0.0390. The van der Waals surface area contributed by atoms with Crippen molar-refractivity contribution in [3.8, 4) is 5.69 Å². The van der Waals surface area contributed by atoms with Gasteiger partial charge in [0, 0.05) is 52.2 Å². The van der Waals surface area contributed by atoms with Crippen LogP contribution in [0.3, 0.4) is 0 Å². The lowest BCUT2D eigenvalue weighted by atomic mass is 10.1. The van der Waals surface area contributed by atoms with Gasteiger partial charge in [-0.15, -0.1) is 0 Å². The fraction of sp³-hybridized carbons (Fsp3) is 0.385. The summed E-state index contributed by atoms with van der Waals surface area (Å²) in [7, 11) is 3.84. The van der Waals surface area contributed by atoms with Gasteiger partial charge in [0.05, 0.1) is 24.6 Å². The Balaban J connectivity index is 1.25. The molecule has 0 radical (unpaired) electrons. The van der Waals surface area contributed by atoms with Crippen LogP contribution in [0.4, 0.5) is 0 Å². The topological polar surface area (TPSA) is 63.9 Å². The Hall–Kier alpha value is -3.16. The standard InChI is InChI=1S/C26H33N5O2/c1-27-26(30(2)18-23-17-29-31(19-23)24-6-4-3-5-7-24)28-16-21-8-10-22(11-9-21)20-33-25-12-14-32-15-13-25/h3-11,17,19,25H,12-16,18,20H2,1-2H3,(H,27,28). The summed E-state index contributed by atoms with van der Waals surface area (Å²) in [6.07, 6.45) is 6.25. The van der Waals surface area contributed by atoms with E-state index in [-0.39, 0.29) is 0 Å². The second kappa shape index (κ2) is 11.6. The smallest absolute Gasteiger partial charge is 0.193 e. The third-order valence-electron chi connectivity index (χ3n) is 5.78. The van der Waals surface area contributed by atoms with Gasteiger partial charge in [0.1, 0.15) is 0 Å². The van der Waals surface area contributed by atoms with Crippen molar-refractivity contribution >= 4 is 5.96 Å². The summed E-state index contributed by atoms with van der Waals surface area (Å²) in [5, 5.41) is 7.94. The van der Waals surface area contributed by atoms with E-state index >= 15 is 0 Å². The van der Waals surface area contributed by atoms with Crippen LogP contribution in [-0.4, -0.2) is 54.1 Å². The van der Waals surface area contributed by atoms with Crippen LogP contribution in [0.5, 0.6) is 0 Å². The molecule has 1 aliphatic rings. The van der Waals surface area contributed by atoms with E-state index in [1.54, 1.807) is 0 Å². The van der Waals surface area contributed by atoms with Crippen LogP contribution in [0.1, 0.15) is 29.5 Å². The zero-order valence-electron chi connectivity index (χ0n) is 19.5. The average molecular weight is 448 g/mol. The van der Waals surface area contributed by atoms with E-state index in [2.05, 4.69) is 50.8 Å². The number of aromatic nitrogens is 2. The van der Waals surface area contributed by atoms with Crippen molar-refractivity contribution in [1.29, 1.82) is 0 Å².